The summed E-state index contributed by atoms with van der Waals surface area (Å²) in [6, 6.07) is 13.5. The summed E-state index contributed by atoms with van der Waals surface area (Å²) < 4.78 is 12.0. The van der Waals surface area contributed by atoms with E-state index in [9.17, 15) is 0 Å². The fraction of sp³-hybridized carbons (Fsp3) is 0.188. The van der Waals surface area contributed by atoms with Crippen LogP contribution >= 0.6 is 15.9 Å². The molecule has 0 unspecified atom stereocenters. The van der Waals surface area contributed by atoms with Crippen LogP contribution in [0.3, 0.4) is 0 Å². The second-order valence-corrected chi connectivity index (χ2v) is 5.50. The minimum atomic E-state index is 0.568. The molecule has 3 rings (SSSR count). The standard InChI is InChI=1S/C16H13BrN2O2/c17-13-7-15-16(21-5-4-20-15)8-14(13)19-10-12-3-1-2-11(6-12)9-18/h1-3,6-8,19H,4-5,10H2. The average Bonchev–Trinajstić information content (AvgIpc) is 2.53. The smallest absolute Gasteiger partial charge is 0.163 e. The maximum Gasteiger partial charge on any atom is 0.163 e. The van der Waals surface area contributed by atoms with Crippen molar-refractivity contribution in [2.75, 3.05) is 18.5 Å². The Hall–Kier alpha value is -2.19. The molecule has 1 heterocycles. The number of anilines is 1. The van der Waals surface area contributed by atoms with Crippen LogP contribution in [-0.4, -0.2) is 13.2 Å². The molecule has 0 atom stereocenters. The number of nitrogens with one attached hydrogen (secondary N) is 1. The Labute approximate surface area is 131 Å². The molecule has 0 aliphatic carbocycles. The van der Waals surface area contributed by atoms with E-state index in [1.54, 1.807) is 6.07 Å². The van der Waals surface area contributed by atoms with Gasteiger partial charge in [0.1, 0.15) is 13.2 Å². The Morgan fingerprint density at radius 1 is 1.14 bits per heavy atom. The van der Waals surface area contributed by atoms with Crippen LogP contribution in [0.5, 0.6) is 11.5 Å². The molecule has 106 valence electrons. The summed E-state index contributed by atoms with van der Waals surface area (Å²) in [4.78, 5) is 0. The molecule has 21 heavy (non-hydrogen) atoms. The lowest BCUT2D eigenvalue weighted by Gasteiger charge is -2.20. The van der Waals surface area contributed by atoms with Crippen LogP contribution in [-0.2, 0) is 6.54 Å². The molecular weight excluding hydrogens is 332 g/mol. The van der Waals surface area contributed by atoms with Crippen LogP contribution in [0.15, 0.2) is 40.9 Å². The quantitative estimate of drug-likeness (QED) is 0.922. The van der Waals surface area contributed by atoms with Crippen molar-refractivity contribution in [3.63, 3.8) is 0 Å². The highest BCUT2D eigenvalue weighted by molar-refractivity contribution is 9.10. The van der Waals surface area contributed by atoms with Crippen LogP contribution < -0.4 is 14.8 Å². The molecule has 0 radical (unpaired) electrons. The predicted molar refractivity (Wildman–Crippen MR) is 83.6 cm³/mol. The number of benzene rings is 2. The minimum absolute atomic E-state index is 0.568. The molecule has 0 saturated heterocycles. The first-order chi connectivity index (χ1) is 10.3. The molecule has 0 amide bonds. The van der Waals surface area contributed by atoms with Gasteiger partial charge in [0, 0.05) is 23.2 Å². The lowest BCUT2D eigenvalue weighted by atomic mass is 10.1. The zero-order valence-electron chi connectivity index (χ0n) is 11.2. The molecule has 0 aromatic heterocycles. The van der Waals surface area contributed by atoms with E-state index in [1.807, 2.05) is 30.3 Å². The first kappa shape index (κ1) is 13.8. The van der Waals surface area contributed by atoms with Gasteiger partial charge in [-0.2, -0.15) is 5.26 Å². The van der Waals surface area contributed by atoms with Crippen LogP contribution in [0.2, 0.25) is 0 Å². The third kappa shape index (κ3) is 3.11. The highest BCUT2D eigenvalue weighted by Gasteiger charge is 2.14. The number of rotatable bonds is 3. The highest BCUT2D eigenvalue weighted by atomic mass is 79.9. The molecule has 0 bridgehead atoms. The van der Waals surface area contributed by atoms with Gasteiger partial charge in [0.15, 0.2) is 11.5 Å². The number of nitrogens with zero attached hydrogens (tertiary/aromatic N) is 1. The third-order valence-corrected chi connectivity index (χ3v) is 3.83. The van der Waals surface area contributed by atoms with Crippen molar-refractivity contribution in [1.29, 1.82) is 5.26 Å². The second-order valence-electron chi connectivity index (χ2n) is 4.64. The average molecular weight is 345 g/mol. The first-order valence-electron chi connectivity index (χ1n) is 6.58. The summed E-state index contributed by atoms with van der Waals surface area (Å²) >= 11 is 3.53. The molecule has 1 N–H and O–H groups in total. The van der Waals surface area contributed by atoms with E-state index in [0.29, 0.717) is 25.3 Å². The SMILES string of the molecule is N#Cc1cccc(CNc2cc3c(cc2Br)OCCO3)c1. The van der Waals surface area contributed by atoms with Crippen molar-refractivity contribution in [3.8, 4) is 17.6 Å². The van der Waals surface area contributed by atoms with Crippen molar-refractivity contribution >= 4 is 21.6 Å². The van der Waals surface area contributed by atoms with Gasteiger partial charge in [-0.3, -0.25) is 0 Å². The van der Waals surface area contributed by atoms with Gasteiger partial charge in [-0.15, -0.1) is 0 Å². The summed E-state index contributed by atoms with van der Waals surface area (Å²) in [7, 11) is 0. The van der Waals surface area contributed by atoms with E-state index in [1.165, 1.54) is 0 Å². The van der Waals surface area contributed by atoms with Crippen LogP contribution in [0.1, 0.15) is 11.1 Å². The summed E-state index contributed by atoms with van der Waals surface area (Å²) in [6.07, 6.45) is 0. The molecule has 1 aliphatic rings. The van der Waals surface area contributed by atoms with Gasteiger partial charge in [-0.25, -0.2) is 0 Å². The van der Waals surface area contributed by atoms with Gasteiger partial charge in [0.2, 0.25) is 0 Å². The van der Waals surface area contributed by atoms with E-state index < -0.39 is 0 Å². The molecule has 0 spiro atoms. The van der Waals surface area contributed by atoms with Crippen LogP contribution in [0.4, 0.5) is 5.69 Å². The predicted octanol–water partition coefficient (Wildman–Crippen LogP) is 3.70. The molecule has 4 nitrogen and oxygen atoms in total. The van der Waals surface area contributed by atoms with E-state index in [-0.39, 0.29) is 0 Å². The van der Waals surface area contributed by atoms with Gasteiger partial charge < -0.3 is 14.8 Å². The van der Waals surface area contributed by atoms with E-state index in [2.05, 4.69) is 27.3 Å². The van der Waals surface area contributed by atoms with Crippen molar-refractivity contribution in [3.05, 3.63) is 52.0 Å². The maximum atomic E-state index is 8.92. The summed E-state index contributed by atoms with van der Waals surface area (Å²) in [5.74, 6) is 1.50. The van der Waals surface area contributed by atoms with Gasteiger partial charge >= 0.3 is 0 Å². The molecule has 2 aromatic rings. The normalized spacial score (nSPS) is 12.6. The molecular formula is C16H13BrN2O2. The number of hydrogen-bond donors (Lipinski definition) is 1. The Morgan fingerprint density at radius 2 is 1.90 bits per heavy atom. The minimum Gasteiger partial charge on any atom is -0.486 e. The van der Waals surface area contributed by atoms with E-state index in [0.717, 1.165) is 27.2 Å². The van der Waals surface area contributed by atoms with Crippen molar-refractivity contribution in [1.82, 2.24) is 0 Å². The molecule has 0 saturated carbocycles. The second kappa shape index (κ2) is 6.06. The fourth-order valence-corrected chi connectivity index (χ4v) is 2.61. The van der Waals surface area contributed by atoms with Crippen LogP contribution in [0.25, 0.3) is 0 Å². The molecule has 2 aromatic carbocycles. The topological polar surface area (TPSA) is 54.3 Å². The Bertz CT molecular complexity index is 710. The number of fused-ring (bicyclic) bond motifs is 1. The zero-order valence-corrected chi connectivity index (χ0v) is 12.8. The van der Waals surface area contributed by atoms with Gasteiger partial charge in [-0.05, 0) is 33.6 Å². The lowest BCUT2D eigenvalue weighted by molar-refractivity contribution is 0.171. The molecule has 0 fully saturated rings. The first-order valence-corrected chi connectivity index (χ1v) is 7.37. The summed E-state index contributed by atoms with van der Waals surface area (Å²) in [6.45, 7) is 1.78. The third-order valence-electron chi connectivity index (χ3n) is 3.17. The Kier molecular flexibility index (Phi) is 3.98. The maximum absolute atomic E-state index is 8.92. The van der Waals surface area contributed by atoms with Gasteiger partial charge in [0.25, 0.3) is 0 Å². The number of hydrogen-bond acceptors (Lipinski definition) is 4. The number of ether oxygens (including phenoxy) is 2. The Balaban J connectivity index is 1.77. The molecule has 1 aliphatic heterocycles. The van der Waals surface area contributed by atoms with Crippen molar-refractivity contribution in [2.45, 2.75) is 6.54 Å². The fourth-order valence-electron chi connectivity index (χ4n) is 2.15. The highest BCUT2D eigenvalue weighted by Crippen LogP contribution is 2.38. The van der Waals surface area contributed by atoms with Gasteiger partial charge in [0.05, 0.1) is 17.3 Å². The van der Waals surface area contributed by atoms with E-state index >= 15 is 0 Å². The summed E-state index contributed by atoms with van der Waals surface area (Å²) in [5.41, 5.74) is 2.65. The summed E-state index contributed by atoms with van der Waals surface area (Å²) in [5, 5.41) is 12.3. The number of halogens is 1. The number of nitriles is 1. The van der Waals surface area contributed by atoms with Crippen molar-refractivity contribution in [2.24, 2.45) is 0 Å². The Morgan fingerprint density at radius 3 is 2.67 bits per heavy atom. The van der Waals surface area contributed by atoms with Crippen LogP contribution in [0, 0.1) is 11.3 Å². The lowest BCUT2D eigenvalue weighted by Crippen LogP contribution is -2.15. The largest absolute Gasteiger partial charge is 0.486 e. The van der Waals surface area contributed by atoms with Crippen molar-refractivity contribution < 1.29 is 9.47 Å². The van der Waals surface area contributed by atoms with Gasteiger partial charge in [-0.1, -0.05) is 12.1 Å². The monoisotopic (exact) mass is 344 g/mol. The van der Waals surface area contributed by atoms with E-state index in [4.69, 9.17) is 14.7 Å². The zero-order chi connectivity index (χ0) is 14.7. The molecule has 5 heteroatoms.